The Hall–Kier alpha value is -2.56. The number of benzene rings is 1. The first kappa shape index (κ1) is 14.1. The molecule has 0 bridgehead atoms. The van der Waals surface area contributed by atoms with E-state index in [0.717, 1.165) is 35.6 Å². The molecule has 118 valence electrons. The van der Waals surface area contributed by atoms with Crippen molar-refractivity contribution in [3.8, 4) is 0 Å². The van der Waals surface area contributed by atoms with Crippen LogP contribution in [0.2, 0.25) is 0 Å². The van der Waals surface area contributed by atoms with E-state index in [2.05, 4.69) is 18.0 Å². The van der Waals surface area contributed by atoms with Crippen LogP contribution in [0.4, 0.5) is 4.79 Å². The second-order valence-corrected chi connectivity index (χ2v) is 6.27. The summed E-state index contributed by atoms with van der Waals surface area (Å²) in [4.78, 5) is 19.3. The van der Waals surface area contributed by atoms with Crippen LogP contribution in [0, 0.1) is 13.8 Å². The number of hydrogen-bond acceptors (Lipinski definition) is 2. The van der Waals surface area contributed by atoms with E-state index >= 15 is 0 Å². The molecule has 23 heavy (non-hydrogen) atoms. The number of fused-ring (bicyclic) bond motifs is 3. The van der Waals surface area contributed by atoms with E-state index in [1.54, 1.807) is 6.33 Å². The van der Waals surface area contributed by atoms with Gasteiger partial charge in [0.2, 0.25) is 0 Å². The smallest absolute Gasteiger partial charge is 0.329 e. The van der Waals surface area contributed by atoms with Gasteiger partial charge in [-0.2, -0.15) is 0 Å². The SMILES string of the molecule is Cc1c2n(c3ccccc13)C(=O)N(Cc1ncn(C)c1C)CC2. The zero-order chi connectivity index (χ0) is 16.1. The Morgan fingerprint density at radius 2 is 2.00 bits per heavy atom. The monoisotopic (exact) mass is 308 g/mol. The summed E-state index contributed by atoms with van der Waals surface area (Å²) >= 11 is 0. The summed E-state index contributed by atoms with van der Waals surface area (Å²) in [6.07, 6.45) is 2.69. The number of hydrogen-bond donors (Lipinski definition) is 0. The molecule has 3 heterocycles. The minimum Gasteiger partial charge on any atom is -0.338 e. The van der Waals surface area contributed by atoms with Crippen molar-refractivity contribution in [3.63, 3.8) is 0 Å². The van der Waals surface area contributed by atoms with Gasteiger partial charge in [0.05, 0.1) is 24.1 Å². The number of aromatic nitrogens is 3. The van der Waals surface area contributed by atoms with Gasteiger partial charge in [0.1, 0.15) is 0 Å². The average Bonchev–Trinajstić information content (AvgIpc) is 3.03. The molecule has 2 aromatic heterocycles. The number of nitrogens with zero attached hydrogens (tertiary/aromatic N) is 4. The van der Waals surface area contributed by atoms with Crippen LogP contribution < -0.4 is 0 Å². The van der Waals surface area contributed by atoms with E-state index in [9.17, 15) is 4.79 Å². The molecule has 0 N–H and O–H groups in total. The lowest BCUT2D eigenvalue weighted by atomic mass is 10.1. The lowest BCUT2D eigenvalue weighted by Crippen LogP contribution is -2.41. The predicted molar refractivity (Wildman–Crippen MR) is 89.5 cm³/mol. The van der Waals surface area contributed by atoms with Gasteiger partial charge in [-0.25, -0.2) is 9.78 Å². The van der Waals surface area contributed by atoms with Gasteiger partial charge >= 0.3 is 6.03 Å². The van der Waals surface area contributed by atoms with E-state index in [-0.39, 0.29) is 6.03 Å². The summed E-state index contributed by atoms with van der Waals surface area (Å²) in [6.45, 7) is 5.46. The summed E-state index contributed by atoms with van der Waals surface area (Å²) < 4.78 is 3.87. The average molecular weight is 308 g/mol. The van der Waals surface area contributed by atoms with Crippen molar-refractivity contribution < 1.29 is 4.79 Å². The minimum absolute atomic E-state index is 0.0561. The highest BCUT2D eigenvalue weighted by atomic mass is 16.2. The molecule has 1 aromatic carbocycles. The molecule has 3 aromatic rings. The fourth-order valence-electron chi connectivity index (χ4n) is 3.47. The number of para-hydroxylation sites is 1. The molecule has 4 rings (SSSR count). The maximum atomic E-state index is 13.0. The zero-order valence-corrected chi connectivity index (χ0v) is 13.7. The van der Waals surface area contributed by atoms with Gasteiger partial charge in [-0.1, -0.05) is 18.2 Å². The van der Waals surface area contributed by atoms with E-state index in [1.807, 2.05) is 46.2 Å². The van der Waals surface area contributed by atoms with Crippen LogP contribution in [0.15, 0.2) is 30.6 Å². The summed E-state index contributed by atoms with van der Waals surface area (Å²) in [5.74, 6) is 0. The van der Waals surface area contributed by atoms with Gasteiger partial charge in [-0.05, 0) is 25.5 Å². The highest BCUT2D eigenvalue weighted by Gasteiger charge is 2.28. The summed E-state index contributed by atoms with van der Waals surface area (Å²) in [5.41, 5.74) is 5.45. The maximum Gasteiger partial charge on any atom is 0.329 e. The minimum atomic E-state index is 0.0561. The lowest BCUT2D eigenvalue weighted by Gasteiger charge is -2.28. The van der Waals surface area contributed by atoms with Gasteiger partial charge < -0.3 is 9.47 Å². The summed E-state index contributed by atoms with van der Waals surface area (Å²) in [6, 6.07) is 8.20. The Labute approximate surface area is 135 Å². The Morgan fingerprint density at radius 1 is 1.22 bits per heavy atom. The third-order valence-electron chi connectivity index (χ3n) is 5.01. The molecular formula is C18H20N4O. The van der Waals surface area contributed by atoms with E-state index in [4.69, 9.17) is 0 Å². The molecule has 0 radical (unpaired) electrons. The number of rotatable bonds is 2. The van der Waals surface area contributed by atoms with Crippen molar-refractivity contribution in [2.24, 2.45) is 7.05 Å². The fourth-order valence-corrected chi connectivity index (χ4v) is 3.47. The van der Waals surface area contributed by atoms with Gasteiger partial charge in [0.15, 0.2) is 0 Å². The van der Waals surface area contributed by atoms with E-state index < -0.39 is 0 Å². The fraction of sp³-hybridized carbons (Fsp3) is 0.333. The third-order valence-corrected chi connectivity index (χ3v) is 5.01. The molecule has 0 unspecified atom stereocenters. The van der Waals surface area contributed by atoms with Crippen LogP contribution in [0.3, 0.4) is 0 Å². The van der Waals surface area contributed by atoms with E-state index in [1.165, 1.54) is 10.9 Å². The van der Waals surface area contributed by atoms with Crippen molar-refractivity contribution in [2.45, 2.75) is 26.8 Å². The molecule has 5 heteroatoms. The molecule has 1 aliphatic rings. The maximum absolute atomic E-state index is 13.0. The molecule has 0 fully saturated rings. The second kappa shape index (κ2) is 4.98. The Balaban J connectivity index is 1.75. The first-order valence-electron chi connectivity index (χ1n) is 7.93. The first-order chi connectivity index (χ1) is 11.1. The van der Waals surface area contributed by atoms with Crippen LogP contribution in [0.1, 0.15) is 22.6 Å². The Bertz CT molecular complexity index is 919. The van der Waals surface area contributed by atoms with Crippen molar-refractivity contribution in [2.75, 3.05) is 6.54 Å². The number of imidazole rings is 1. The standard InChI is InChI=1S/C18H20N4O/c1-12-14-6-4-5-7-17(14)22-16(12)8-9-21(18(22)23)10-15-13(2)20(3)11-19-15/h4-7,11H,8-10H2,1-3H3. The van der Waals surface area contributed by atoms with Crippen LogP contribution in [0.25, 0.3) is 10.9 Å². The van der Waals surface area contributed by atoms with Gasteiger partial charge in [0.25, 0.3) is 0 Å². The first-order valence-corrected chi connectivity index (χ1v) is 7.93. The number of aryl methyl sites for hydroxylation is 2. The molecule has 1 aliphatic heterocycles. The number of carbonyl (C=O) groups excluding carboxylic acids is 1. The number of amides is 1. The van der Waals surface area contributed by atoms with Crippen LogP contribution in [0.5, 0.6) is 0 Å². The largest absolute Gasteiger partial charge is 0.338 e. The highest BCUT2D eigenvalue weighted by Crippen LogP contribution is 2.29. The lowest BCUT2D eigenvalue weighted by molar-refractivity contribution is 0.190. The van der Waals surface area contributed by atoms with E-state index in [0.29, 0.717) is 6.54 Å². The molecular weight excluding hydrogens is 288 g/mol. The van der Waals surface area contributed by atoms with Gasteiger partial charge in [-0.3, -0.25) is 4.57 Å². The Morgan fingerprint density at radius 3 is 2.74 bits per heavy atom. The molecule has 0 atom stereocenters. The van der Waals surface area contributed by atoms with Crippen molar-refractivity contribution >= 4 is 16.9 Å². The second-order valence-electron chi connectivity index (χ2n) is 6.27. The molecule has 1 amide bonds. The molecule has 0 aliphatic carbocycles. The molecule has 0 saturated carbocycles. The normalized spacial score (nSPS) is 14.6. The topological polar surface area (TPSA) is 43.1 Å². The predicted octanol–water partition coefficient (Wildman–Crippen LogP) is 3.02. The van der Waals surface area contributed by atoms with Gasteiger partial charge in [-0.15, -0.1) is 0 Å². The third kappa shape index (κ3) is 2.00. The highest BCUT2D eigenvalue weighted by molar-refractivity contribution is 5.95. The molecule has 0 spiro atoms. The molecule has 5 nitrogen and oxygen atoms in total. The van der Waals surface area contributed by atoms with Crippen molar-refractivity contribution in [3.05, 3.63) is 53.2 Å². The quantitative estimate of drug-likeness (QED) is 0.730. The molecule has 0 saturated heterocycles. The zero-order valence-electron chi connectivity index (χ0n) is 13.7. The van der Waals surface area contributed by atoms with Crippen LogP contribution >= 0.6 is 0 Å². The van der Waals surface area contributed by atoms with Crippen molar-refractivity contribution in [1.82, 2.24) is 19.0 Å². The van der Waals surface area contributed by atoms with Gasteiger partial charge in [0, 0.05) is 36.8 Å². The van der Waals surface area contributed by atoms with Crippen LogP contribution in [-0.4, -0.2) is 31.6 Å². The summed E-state index contributed by atoms with van der Waals surface area (Å²) in [5, 5.41) is 1.17. The van der Waals surface area contributed by atoms with Crippen molar-refractivity contribution in [1.29, 1.82) is 0 Å². The number of carbonyl (C=O) groups is 1. The Kier molecular flexibility index (Phi) is 3.04. The summed E-state index contributed by atoms with van der Waals surface area (Å²) in [7, 11) is 1.98. The van der Waals surface area contributed by atoms with Crippen LogP contribution in [-0.2, 0) is 20.0 Å².